The minimum Gasteiger partial charge on any atom is -0.493 e. The third kappa shape index (κ3) is 5.00. The third-order valence-electron chi connectivity index (χ3n) is 4.58. The lowest BCUT2D eigenvalue weighted by molar-refractivity contribution is -0.118. The number of carbonyl (C=O) groups is 1. The summed E-state index contributed by atoms with van der Waals surface area (Å²) in [6.07, 6.45) is 5.86. The molecular weight excluding hydrogens is 330 g/mol. The SMILES string of the molecule is COc1cc(/C=C(\C#N)C(=O)N[C@@H]2CCCC[C@@H]2C)ccc1OCC#N. The van der Waals surface area contributed by atoms with Crippen molar-refractivity contribution in [2.24, 2.45) is 5.92 Å². The van der Waals surface area contributed by atoms with Crippen molar-refractivity contribution in [1.82, 2.24) is 5.32 Å². The summed E-state index contributed by atoms with van der Waals surface area (Å²) >= 11 is 0. The van der Waals surface area contributed by atoms with Gasteiger partial charge in [0.1, 0.15) is 17.7 Å². The maximum absolute atomic E-state index is 12.5. The Balaban J connectivity index is 2.15. The lowest BCUT2D eigenvalue weighted by atomic mass is 9.86. The predicted molar refractivity (Wildman–Crippen MR) is 97.3 cm³/mol. The van der Waals surface area contributed by atoms with E-state index in [4.69, 9.17) is 14.7 Å². The average molecular weight is 353 g/mol. The van der Waals surface area contributed by atoms with E-state index >= 15 is 0 Å². The fourth-order valence-electron chi connectivity index (χ4n) is 3.10. The number of amides is 1. The van der Waals surface area contributed by atoms with Crippen LogP contribution in [0, 0.1) is 28.6 Å². The molecule has 136 valence electrons. The fourth-order valence-corrected chi connectivity index (χ4v) is 3.10. The molecule has 1 fully saturated rings. The summed E-state index contributed by atoms with van der Waals surface area (Å²) in [6.45, 7) is 2.04. The Morgan fingerprint density at radius 3 is 2.73 bits per heavy atom. The van der Waals surface area contributed by atoms with E-state index in [0.29, 0.717) is 23.0 Å². The highest BCUT2D eigenvalue weighted by molar-refractivity contribution is 6.01. The fraction of sp³-hybridized carbons (Fsp3) is 0.450. The molecule has 1 N–H and O–H groups in total. The lowest BCUT2D eigenvalue weighted by Crippen LogP contribution is -2.41. The lowest BCUT2D eigenvalue weighted by Gasteiger charge is -2.29. The van der Waals surface area contributed by atoms with Crippen LogP contribution in [-0.4, -0.2) is 25.7 Å². The highest BCUT2D eigenvalue weighted by atomic mass is 16.5. The van der Waals surface area contributed by atoms with Crippen molar-refractivity contribution in [3.05, 3.63) is 29.3 Å². The van der Waals surface area contributed by atoms with E-state index in [9.17, 15) is 10.1 Å². The molecule has 1 aromatic rings. The minimum absolute atomic E-state index is 0.0514. The first-order valence-electron chi connectivity index (χ1n) is 8.69. The molecule has 1 saturated carbocycles. The predicted octanol–water partition coefficient (Wildman–Crippen LogP) is 3.20. The van der Waals surface area contributed by atoms with Crippen LogP contribution in [-0.2, 0) is 4.79 Å². The van der Waals surface area contributed by atoms with Crippen LogP contribution in [0.15, 0.2) is 23.8 Å². The zero-order valence-corrected chi connectivity index (χ0v) is 15.1. The summed E-state index contributed by atoms with van der Waals surface area (Å²) in [5.41, 5.74) is 0.699. The second kappa shape index (κ2) is 9.48. The summed E-state index contributed by atoms with van der Waals surface area (Å²) in [7, 11) is 1.49. The summed E-state index contributed by atoms with van der Waals surface area (Å²) in [5.74, 6) is 0.942. The quantitative estimate of drug-likeness (QED) is 0.626. The minimum atomic E-state index is -0.352. The van der Waals surface area contributed by atoms with Crippen LogP contribution >= 0.6 is 0 Å². The van der Waals surface area contributed by atoms with Crippen molar-refractivity contribution in [2.75, 3.05) is 13.7 Å². The van der Waals surface area contributed by atoms with E-state index in [1.807, 2.05) is 12.1 Å². The molecule has 1 aliphatic carbocycles. The largest absolute Gasteiger partial charge is 0.493 e. The molecule has 0 saturated heterocycles. The molecule has 0 heterocycles. The first kappa shape index (κ1) is 19.3. The zero-order valence-electron chi connectivity index (χ0n) is 15.1. The van der Waals surface area contributed by atoms with Crippen molar-refractivity contribution < 1.29 is 14.3 Å². The number of benzene rings is 1. The highest BCUT2D eigenvalue weighted by Gasteiger charge is 2.24. The molecule has 2 atom stereocenters. The van der Waals surface area contributed by atoms with Gasteiger partial charge in [-0.15, -0.1) is 0 Å². The van der Waals surface area contributed by atoms with Crippen LogP contribution in [0.1, 0.15) is 38.2 Å². The van der Waals surface area contributed by atoms with Crippen LogP contribution in [0.4, 0.5) is 0 Å². The number of nitriles is 2. The van der Waals surface area contributed by atoms with Crippen LogP contribution in [0.25, 0.3) is 6.08 Å². The molecular formula is C20H23N3O3. The highest BCUT2D eigenvalue weighted by Crippen LogP contribution is 2.29. The van der Waals surface area contributed by atoms with E-state index in [1.165, 1.54) is 19.6 Å². The van der Waals surface area contributed by atoms with E-state index in [2.05, 4.69) is 12.2 Å². The molecule has 26 heavy (non-hydrogen) atoms. The number of rotatable bonds is 6. The van der Waals surface area contributed by atoms with Gasteiger partial charge < -0.3 is 14.8 Å². The van der Waals surface area contributed by atoms with Gasteiger partial charge in [-0.2, -0.15) is 10.5 Å². The molecule has 0 unspecified atom stereocenters. The first-order chi connectivity index (χ1) is 12.6. The molecule has 1 aromatic carbocycles. The van der Waals surface area contributed by atoms with Crippen molar-refractivity contribution in [2.45, 2.75) is 38.6 Å². The summed E-state index contributed by atoms with van der Waals surface area (Å²) in [6, 6.07) is 9.01. The Hall–Kier alpha value is -2.99. The molecule has 1 amide bonds. The molecule has 0 radical (unpaired) electrons. The molecule has 0 aliphatic heterocycles. The van der Waals surface area contributed by atoms with Crippen LogP contribution in [0.3, 0.4) is 0 Å². The Bertz CT molecular complexity index is 759. The van der Waals surface area contributed by atoms with Crippen molar-refractivity contribution in [3.8, 4) is 23.6 Å². The molecule has 0 bridgehead atoms. The Morgan fingerprint density at radius 1 is 1.31 bits per heavy atom. The molecule has 6 nitrogen and oxygen atoms in total. The number of carbonyl (C=O) groups excluding carboxylic acids is 1. The number of hydrogen-bond donors (Lipinski definition) is 1. The number of ether oxygens (including phenoxy) is 2. The van der Waals surface area contributed by atoms with Crippen molar-refractivity contribution >= 4 is 12.0 Å². The van der Waals surface area contributed by atoms with Crippen LogP contribution in [0.5, 0.6) is 11.5 Å². The summed E-state index contributed by atoms with van der Waals surface area (Å²) < 4.78 is 10.5. The maximum Gasteiger partial charge on any atom is 0.262 e. The van der Waals surface area contributed by atoms with Gasteiger partial charge in [-0.1, -0.05) is 25.8 Å². The number of nitrogens with one attached hydrogen (secondary N) is 1. The standard InChI is InChI=1S/C20H23N3O3/c1-14-5-3-4-6-17(14)23-20(24)16(13-22)11-15-7-8-18(26-10-9-21)19(12-15)25-2/h7-8,11-12,14,17H,3-6,10H2,1-2H3,(H,23,24)/b16-11+/t14-,17+/m0/s1. The Labute approximate surface area is 154 Å². The van der Waals surface area contributed by atoms with Gasteiger partial charge in [0.15, 0.2) is 18.1 Å². The number of hydrogen-bond acceptors (Lipinski definition) is 5. The topological polar surface area (TPSA) is 95.1 Å². The van der Waals surface area contributed by atoms with Crippen LogP contribution < -0.4 is 14.8 Å². The van der Waals surface area contributed by atoms with Gasteiger partial charge in [0, 0.05) is 6.04 Å². The Kier molecular flexibility index (Phi) is 7.05. The molecule has 0 spiro atoms. The normalized spacial score (nSPS) is 19.8. The number of methoxy groups -OCH3 is 1. The smallest absolute Gasteiger partial charge is 0.262 e. The van der Waals surface area contributed by atoms with E-state index in [-0.39, 0.29) is 24.1 Å². The third-order valence-corrected chi connectivity index (χ3v) is 4.58. The molecule has 6 heteroatoms. The van der Waals surface area contributed by atoms with E-state index < -0.39 is 0 Å². The van der Waals surface area contributed by atoms with Gasteiger partial charge in [-0.05, 0) is 42.5 Å². The van der Waals surface area contributed by atoms with Gasteiger partial charge in [0.25, 0.3) is 5.91 Å². The van der Waals surface area contributed by atoms with E-state index in [0.717, 1.165) is 19.3 Å². The number of nitrogens with zero attached hydrogens (tertiary/aromatic N) is 2. The monoisotopic (exact) mass is 353 g/mol. The first-order valence-corrected chi connectivity index (χ1v) is 8.69. The van der Waals surface area contributed by atoms with Crippen molar-refractivity contribution in [3.63, 3.8) is 0 Å². The molecule has 2 rings (SSSR count). The maximum atomic E-state index is 12.5. The Morgan fingerprint density at radius 2 is 2.08 bits per heavy atom. The van der Waals surface area contributed by atoms with Crippen LogP contribution in [0.2, 0.25) is 0 Å². The second-order valence-electron chi connectivity index (χ2n) is 6.37. The van der Waals surface area contributed by atoms with Gasteiger partial charge in [-0.25, -0.2) is 0 Å². The summed E-state index contributed by atoms with van der Waals surface area (Å²) in [4.78, 5) is 12.5. The van der Waals surface area contributed by atoms with Gasteiger partial charge in [-0.3, -0.25) is 4.79 Å². The molecule has 1 aliphatic rings. The van der Waals surface area contributed by atoms with E-state index in [1.54, 1.807) is 18.2 Å². The summed E-state index contributed by atoms with van der Waals surface area (Å²) in [5, 5.41) is 21.0. The molecule has 0 aromatic heterocycles. The van der Waals surface area contributed by atoms with Gasteiger partial charge in [0.2, 0.25) is 0 Å². The second-order valence-corrected chi connectivity index (χ2v) is 6.37. The van der Waals surface area contributed by atoms with Gasteiger partial charge in [0.05, 0.1) is 7.11 Å². The average Bonchev–Trinajstić information content (AvgIpc) is 2.66. The van der Waals surface area contributed by atoms with Crippen molar-refractivity contribution in [1.29, 1.82) is 10.5 Å². The van der Waals surface area contributed by atoms with Gasteiger partial charge >= 0.3 is 0 Å². The zero-order chi connectivity index (χ0) is 18.9.